The number of carbonyl (C=O) groups is 4. The van der Waals surface area contributed by atoms with Crippen molar-refractivity contribution in [2.75, 3.05) is 39.6 Å². The van der Waals surface area contributed by atoms with Crippen LogP contribution in [0.3, 0.4) is 0 Å². The monoisotopic (exact) mass is 1310 g/mol. The normalized spacial score (nSPS) is 14.4. The molecule has 0 aliphatic rings. The van der Waals surface area contributed by atoms with Gasteiger partial charge in [0.1, 0.15) is 19.3 Å². The molecule has 0 bridgehead atoms. The standard InChI is InChI=1S/C70H136O17P2/c1-7-10-12-14-16-27-36-42-48-54-69(74)86-65(58-80-67(72)52-46-40-34-17-15-13-11-8-2)60-84-88(76,77)82-56-64(71)57-83-89(78,79)85-61-66(59-81-68(73)53-47-41-35-30-26-25-29-33-39-45-51-63(6)9-3)87-70(75)55-49-43-37-31-24-22-20-18-19-21-23-28-32-38-44-50-62(4)5/h62-66,71H,7-61H2,1-6H3,(H,76,77)(H,78,79)/t63?,64-,65+,66+/m0/s1. The number of aliphatic hydroxyl groups excluding tert-OH is 1. The van der Waals surface area contributed by atoms with Crippen molar-refractivity contribution in [3.63, 3.8) is 0 Å². The molecule has 0 saturated heterocycles. The van der Waals surface area contributed by atoms with Crippen LogP contribution in [0.1, 0.15) is 356 Å². The van der Waals surface area contributed by atoms with Gasteiger partial charge in [-0.1, -0.05) is 305 Å². The maximum absolute atomic E-state index is 13.0. The average Bonchev–Trinajstić information content (AvgIpc) is 3.64. The summed E-state index contributed by atoms with van der Waals surface area (Å²) in [7, 11) is -9.89. The van der Waals surface area contributed by atoms with E-state index in [-0.39, 0.29) is 25.7 Å². The molecule has 89 heavy (non-hydrogen) atoms. The Balaban J connectivity index is 5.20. The van der Waals surface area contributed by atoms with Crippen LogP contribution >= 0.6 is 15.6 Å². The molecule has 0 aromatic carbocycles. The highest BCUT2D eigenvalue weighted by Crippen LogP contribution is 2.45. The zero-order valence-corrected chi connectivity index (χ0v) is 59.5. The quantitative estimate of drug-likeness (QED) is 0.0222. The van der Waals surface area contributed by atoms with Gasteiger partial charge in [-0.25, -0.2) is 9.13 Å². The highest BCUT2D eigenvalue weighted by molar-refractivity contribution is 7.47. The number of phosphoric ester groups is 2. The third kappa shape index (κ3) is 63.2. The number of ether oxygens (including phenoxy) is 4. The molecule has 0 fully saturated rings. The molecule has 0 aliphatic carbocycles. The van der Waals surface area contributed by atoms with E-state index in [0.717, 1.165) is 108 Å². The Hall–Kier alpha value is -1.94. The van der Waals surface area contributed by atoms with E-state index >= 15 is 0 Å². The van der Waals surface area contributed by atoms with Crippen LogP contribution in [0.4, 0.5) is 0 Å². The minimum absolute atomic E-state index is 0.106. The van der Waals surface area contributed by atoms with Crippen molar-refractivity contribution in [3.8, 4) is 0 Å². The molecule has 19 heteroatoms. The van der Waals surface area contributed by atoms with Crippen LogP contribution in [-0.2, 0) is 65.4 Å². The van der Waals surface area contributed by atoms with Crippen molar-refractivity contribution in [1.82, 2.24) is 0 Å². The first kappa shape index (κ1) is 87.1. The van der Waals surface area contributed by atoms with Crippen molar-refractivity contribution >= 4 is 39.5 Å². The summed E-state index contributed by atoms with van der Waals surface area (Å²) < 4.78 is 68.2. The van der Waals surface area contributed by atoms with E-state index in [4.69, 9.17) is 37.0 Å². The lowest BCUT2D eigenvalue weighted by atomic mass is 9.99. The van der Waals surface area contributed by atoms with Crippen LogP contribution in [0, 0.1) is 11.8 Å². The highest BCUT2D eigenvalue weighted by Gasteiger charge is 2.30. The van der Waals surface area contributed by atoms with Gasteiger partial charge in [-0.3, -0.25) is 37.3 Å². The Labute approximate surface area is 543 Å². The zero-order valence-electron chi connectivity index (χ0n) is 57.7. The fourth-order valence-corrected chi connectivity index (χ4v) is 12.1. The van der Waals surface area contributed by atoms with E-state index in [1.807, 2.05) is 0 Å². The van der Waals surface area contributed by atoms with Crippen LogP contribution in [0.25, 0.3) is 0 Å². The fraction of sp³-hybridized carbons (Fsp3) is 0.943. The number of hydrogen-bond donors (Lipinski definition) is 3. The Morgan fingerprint density at radius 3 is 0.854 bits per heavy atom. The molecule has 0 amide bonds. The Morgan fingerprint density at radius 2 is 0.573 bits per heavy atom. The number of aliphatic hydroxyl groups is 1. The first-order chi connectivity index (χ1) is 42.9. The average molecular weight is 1310 g/mol. The molecule has 0 radical (unpaired) electrons. The van der Waals surface area contributed by atoms with E-state index in [1.165, 1.54) is 167 Å². The van der Waals surface area contributed by atoms with Gasteiger partial charge in [0.15, 0.2) is 12.2 Å². The van der Waals surface area contributed by atoms with Gasteiger partial charge in [-0.15, -0.1) is 0 Å². The van der Waals surface area contributed by atoms with Gasteiger partial charge in [0.2, 0.25) is 0 Å². The minimum atomic E-state index is -4.95. The number of phosphoric acid groups is 2. The molecule has 3 unspecified atom stereocenters. The van der Waals surface area contributed by atoms with Crippen LogP contribution in [0.2, 0.25) is 0 Å². The summed E-state index contributed by atoms with van der Waals surface area (Å²) in [4.78, 5) is 72.4. The van der Waals surface area contributed by atoms with Crippen LogP contribution in [-0.4, -0.2) is 96.7 Å². The van der Waals surface area contributed by atoms with Crippen molar-refractivity contribution in [2.24, 2.45) is 11.8 Å². The third-order valence-corrected chi connectivity index (χ3v) is 18.5. The first-order valence-electron chi connectivity index (χ1n) is 36.5. The molecule has 0 rings (SSSR count). The van der Waals surface area contributed by atoms with Crippen LogP contribution in [0.15, 0.2) is 0 Å². The molecule has 0 spiro atoms. The molecule has 6 atom stereocenters. The second-order valence-corrected chi connectivity index (χ2v) is 28.9. The molecule has 0 heterocycles. The minimum Gasteiger partial charge on any atom is -0.462 e. The molecule has 0 aliphatic heterocycles. The Morgan fingerprint density at radius 1 is 0.326 bits per heavy atom. The summed E-state index contributed by atoms with van der Waals surface area (Å²) in [6, 6.07) is 0. The van der Waals surface area contributed by atoms with Gasteiger partial charge >= 0.3 is 39.5 Å². The van der Waals surface area contributed by atoms with Gasteiger partial charge in [-0.2, -0.15) is 0 Å². The van der Waals surface area contributed by atoms with E-state index in [2.05, 4.69) is 41.5 Å². The lowest BCUT2D eigenvalue weighted by Gasteiger charge is -2.21. The lowest BCUT2D eigenvalue weighted by molar-refractivity contribution is -0.161. The highest BCUT2D eigenvalue weighted by atomic mass is 31.2. The Bertz CT molecular complexity index is 1740. The molecule has 0 aromatic rings. The second-order valence-electron chi connectivity index (χ2n) is 26.0. The lowest BCUT2D eigenvalue weighted by Crippen LogP contribution is -2.30. The number of carbonyl (C=O) groups excluding carboxylic acids is 4. The summed E-state index contributed by atoms with van der Waals surface area (Å²) in [5.41, 5.74) is 0. The van der Waals surface area contributed by atoms with E-state index in [9.17, 15) is 43.2 Å². The summed E-state index contributed by atoms with van der Waals surface area (Å²) in [6.07, 6.45) is 47.2. The smallest absolute Gasteiger partial charge is 0.462 e. The predicted molar refractivity (Wildman–Crippen MR) is 358 cm³/mol. The van der Waals surface area contributed by atoms with Gasteiger partial charge in [0.05, 0.1) is 26.4 Å². The SMILES string of the molecule is CCCCCCCCCCCC(=O)O[C@H](COC(=O)CCCCCCCCCC)COP(=O)(O)OC[C@H](O)COP(=O)(O)OC[C@@H](COC(=O)CCCCCCCCCCCCC(C)CC)OC(=O)CCCCCCCCCCCCCCCCCC(C)C. The third-order valence-electron chi connectivity index (χ3n) is 16.6. The molecular weight excluding hydrogens is 1170 g/mol. The fourth-order valence-electron chi connectivity index (χ4n) is 10.6. The van der Waals surface area contributed by atoms with E-state index in [1.54, 1.807) is 0 Å². The molecule has 0 aromatic heterocycles. The van der Waals surface area contributed by atoms with Crippen molar-refractivity contribution in [2.45, 2.75) is 374 Å². The predicted octanol–water partition coefficient (Wildman–Crippen LogP) is 20.0. The number of hydrogen-bond acceptors (Lipinski definition) is 15. The van der Waals surface area contributed by atoms with E-state index in [0.29, 0.717) is 25.7 Å². The number of unbranched alkanes of at least 4 members (excludes halogenated alkanes) is 38. The Kier molecular flexibility index (Phi) is 60.8. The molecular formula is C70H136O17P2. The number of esters is 4. The summed E-state index contributed by atoms with van der Waals surface area (Å²) in [5.74, 6) is -0.515. The largest absolute Gasteiger partial charge is 0.472 e. The van der Waals surface area contributed by atoms with Gasteiger partial charge in [0, 0.05) is 25.7 Å². The molecule has 528 valence electrons. The van der Waals surface area contributed by atoms with Crippen molar-refractivity contribution in [3.05, 3.63) is 0 Å². The molecule has 3 N–H and O–H groups in total. The summed E-state index contributed by atoms with van der Waals surface area (Å²) in [6.45, 7) is 9.56. The topological polar surface area (TPSA) is 237 Å². The maximum atomic E-state index is 13.0. The maximum Gasteiger partial charge on any atom is 0.472 e. The number of rotatable bonds is 69. The van der Waals surface area contributed by atoms with E-state index < -0.39 is 97.5 Å². The van der Waals surface area contributed by atoms with Gasteiger partial charge < -0.3 is 33.8 Å². The second kappa shape index (κ2) is 62.2. The van der Waals surface area contributed by atoms with Crippen LogP contribution < -0.4 is 0 Å². The zero-order chi connectivity index (χ0) is 65.7. The summed E-state index contributed by atoms with van der Waals surface area (Å²) in [5, 5.41) is 10.6. The van der Waals surface area contributed by atoms with Crippen LogP contribution in [0.5, 0.6) is 0 Å². The molecule has 0 saturated carbocycles. The molecule has 17 nitrogen and oxygen atoms in total. The van der Waals surface area contributed by atoms with Gasteiger partial charge in [-0.05, 0) is 37.5 Å². The van der Waals surface area contributed by atoms with Crippen molar-refractivity contribution < 1.29 is 80.2 Å². The van der Waals surface area contributed by atoms with Gasteiger partial charge in [0.25, 0.3) is 0 Å². The van der Waals surface area contributed by atoms with Crippen molar-refractivity contribution in [1.29, 1.82) is 0 Å². The first-order valence-corrected chi connectivity index (χ1v) is 39.5. The summed E-state index contributed by atoms with van der Waals surface area (Å²) >= 11 is 0.